The zero-order valence-corrected chi connectivity index (χ0v) is 12.5. The summed E-state index contributed by atoms with van der Waals surface area (Å²) >= 11 is 0. The molecule has 0 spiro atoms. The third kappa shape index (κ3) is 2.48. The Bertz CT molecular complexity index is 361. The molecule has 0 aromatic carbocycles. The van der Waals surface area contributed by atoms with Gasteiger partial charge in [0.25, 0.3) is 0 Å². The van der Waals surface area contributed by atoms with Gasteiger partial charge in [0.15, 0.2) is 0 Å². The van der Waals surface area contributed by atoms with Crippen LogP contribution in [0, 0.1) is 5.92 Å². The van der Waals surface area contributed by atoms with E-state index >= 15 is 0 Å². The average Bonchev–Trinajstić information content (AvgIpc) is 3.01. The van der Waals surface area contributed by atoms with Crippen molar-refractivity contribution in [1.29, 1.82) is 0 Å². The Balaban J connectivity index is 1.64. The van der Waals surface area contributed by atoms with Crippen LogP contribution in [-0.4, -0.2) is 47.3 Å². The monoisotopic (exact) mass is 281 g/mol. The summed E-state index contributed by atoms with van der Waals surface area (Å²) < 4.78 is 5.59. The van der Waals surface area contributed by atoms with Crippen molar-refractivity contribution in [2.24, 2.45) is 5.92 Å². The molecule has 3 aliphatic rings. The quantitative estimate of drug-likeness (QED) is 0.858. The number of ether oxygens (including phenoxy) is 1. The van der Waals surface area contributed by atoms with Gasteiger partial charge in [0.1, 0.15) is 0 Å². The Morgan fingerprint density at radius 3 is 2.60 bits per heavy atom. The third-order valence-electron chi connectivity index (χ3n) is 5.82. The second-order valence-corrected chi connectivity index (χ2v) is 6.88. The van der Waals surface area contributed by atoms with Gasteiger partial charge >= 0.3 is 0 Å². The maximum atomic E-state index is 12.7. The summed E-state index contributed by atoms with van der Waals surface area (Å²) in [5.41, 5.74) is -0.182. The Labute approximate surface area is 121 Å². The standard InChI is InChI=1S/C16H27NO3/c1-20-16(8-4-9-16)11-15(19)17-10-3-6-13(17)12-5-2-7-14(12)18/h12-14,18H,2-11H2,1H3. The molecule has 1 N–H and O–H groups in total. The Morgan fingerprint density at radius 2 is 2.05 bits per heavy atom. The van der Waals surface area contributed by atoms with E-state index in [1.165, 1.54) is 6.42 Å². The highest BCUT2D eigenvalue weighted by atomic mass is 16.5. The first-order valence-electron chi connectivity index (χ1n) is 8.18. The highest BCUT2D eigenvalue weighted by Gasteiger charge is 2.44. The molecule has 0 aromatic rings. The summed E-state index contributed by atoms with van der Waals surface area (Å²) in [6.07, 6.45) is 8.76. The number of likely N-dealkylation sites (tertiary alicyclic amines) is 1. The van der Waals surface area contributed by atoms with Gasteiger partial charge in [-0.1, -0.05) is 6.42 Å². The fourth-order valence-electron chi connectivity index (χ4n) is 4.37. The summed E-state index contributed by atoms with van der Waals surface area (Å²) in [5.74, 6) is 0.550. The lowest BCUT2D eigenvalue weighted by Crippen LogP contribution is -2.48. The van der Waals surface area contributed by atoms with Crippen molar-refractivity contribution in [3.63, 3.8) is 0 Å². The Morgan fingerprint density at radius 1 is 1.25 bits per heavy atom. The summed E-state index contributed by atoms with van der Waals surface area (Å²) in [7, 11) is 1.73. The number of carbonyl (C=O) groups excluding carboxylic acids is 1. The molecule has 1 heterocycles. The predicted molar refractivity (Wildman–Crippen MR) is 76.3 cm³/mol. The molecule has 3 atom stereocenters. The number of nitrogens with zero attached hydrogens (tertiary/aromatic N) is 1. The fourth-order valence-corrected chi connectivity index (χ4v) is 4.37. The fraction of sp³-hybridized carbons (Fsp3) is 0.938. The molecule has 4 nitrogen and oxygen atoms in total. The second-order valence-electron chi connectivity index (χ2n) is 6.88. The molecule has 3 fully saturated rings. The second kappa shape index (κ2) is 5.64. The summed E-state index contributed by atoms with van der Waals surface area (Å²) in [6, 6.07) is 0.272. The van der Waals surface area contributed by atoms with Crippen LogP contribution < -0.4 is 0 Å². The predicted octanol–water partition coefficient (Wildman–Crippen LogP) is 2.10. The third-order valence-corrected chi connectivity index (χ3v) is 5.82. The molecule has 4 heteroatoms. The van der Waals surface area contributed by atoms with Gasteiger partial charge in [-0.15, -0.1) is 0 Å². The van der Waals surface area contributed by atoms with Crippen molar-refractivity contribution in [2.75, 3.05) is 13.7 Å². The van der Waals surface area contributed by atoms with E-state index in [9.17, 15) is 9.90 Å². The van der Waals surface area contributed by atoms with Gasteiger partial charge < -0.3 is 14.7 Å². The minimum atomic E-state index is -0.200. The van der Waals surface area contributed by atoms with E-state index in [1.807, 2.05) is 0 Å². The van der Waals surface area contributed by atoms with E-state index in [2.05, 4.69) is 4.90 Å². The zero-order chi connectivity index (χ0) is 14.2. The van der Waals surface area contributed by atoms with Crippen LogP contribution in [0.1, 0.15) is 57.8 Å². The van der Waals surface area contributed by atoms with E-state index < -0.39 is 0 Å². The van der Waals surface area contributed by atoms with Crippen LogP contribution in [0.25, 0.3) is 0 Å². The van der Waals surface area contributed by atoms with Crippen LogP contribution in [0.2, 0.25) is 0 Å². The van der Waals surface area contributed by atoms with Gasteiger partial charge in [0, 0.05) is 25.6 Å². The lowest BCUT2D eigenvalue weighted by molar-refractivity contribution is -0.146. The number of carbonyl (C=O) groups is 1. The van der Waals surface area contributed by atoms with Crippen molar-refractivity contribution in [1.82, 2.24) is 4.90 Å². The van der Waals surface area contributed by atoms with Gasteiger partial charge in [-0.05, 0) is 44.9 Å². The molecule has 3 unspecified atom stereocenters. The summed E-state index contributed by atoms with van der Waals surface area (Å²) in [6.45, 7) is 0.868. The first kappa shape index (κ1) is 14.3. The highest BCUT2D eigenvalue weighted by Crippen LogP contribution is 2.40. The molecule has 2 aliphatic carbocycles. The van der Waals surface area contributed by atoms with Crippen LogP contribution in [-0.2, 0) is 9.53 Å². The smallest absolute Gasteiger partial charge is 0.225 e. The molecule has 2 saturated carbocycles. The van der Waals surface area contributed by atoms with Crippen molar-refractivity contribution in [2.45, 2.75) is 75.5 Å². The number of methoxy groups -OCH3 is 1. The molecule has 1 aliphatic heterocycles. The average molecular weight is 281 g/mol. The molecule has 1 saturated heterocycles. The molecule has 114 valence electrons. The van der Waals surface area contributed by atoms with Gasteiger partial charge in [0.05, 0.1) is 18.1 Å². The van der Waals surface area contributed by atoms with Gasteiger partial charge in [-0.25, -0.2) is 0 Å². The lowest BCUT2D eigenvalue weighted by Gasteiger charge is -2.42. The van der Waals surface area contributed by atoms with Crippen LogP contribution in [0.3, 0.4) is 0 Å². The summed E-state index contributed by atoms with van der Waals surface area (Å²) in [4.78, 5) is 14.7. The zero-order valence-electron chi connectivity index (χ0n) is 12.5. The van der Waals surface area contributed by atoms with Crippen molar-refractivity contribution in [3.05, 3.63) is 0 Å². The Hall–Kier alpha value is -0.610. The first-order chi connectivity index (χ1) is 9.65. The largest absolute Gasteiger partial charge is 0.393 e. The molecule has 3 rings (SSSR count). The minimum absolute atomic E-state index is 0.182. The maximum Gasteiger partial charge on any atom is 0.225 e. The van der Waals surface area contributed by atoms with Gasteiger partial charge in [0.2, 0.25) is 5.91 Å². The van der Waals surface area contributed by atoms with E-state index in [0.717, 1.165) is 51.5 Å². The van der Waals surface area contributed by atoms with Crippen LogP contribution >= 0.6 is 0 Å². The molecule has 0 aromatic heterocycles. The SMILES string of the molecule is COC1(CC(=O)N2CCCC2C2CCCC2O)CCC1. The molecule has 20 heavy (non-hydrogen) atoms. The molecular formula is C16H27NO3. The van der Waals surface area contributed by atoms with Crippen molar-refractivity contribution < 1.29 is 14.6 Å². The number of rotatable bonds is 4. The normalized spacial score (nSPS) is 36.1. The first-order valence-corrected chi connectivity index (χ1v) is 8.18. The van der Waals surface area contributed by atoms with Gasteiger partial charge in [-0.2, -0.15) is 0 Å². The molecule has 0 radical (unpaired) electrons. The van der Waals surface area contributed by atoms with Gasteiger partial charge in [-0.3, -0.25) is 4.79 Å². The maximum absolute atomic E-state index is 12.7. The van der Waals surface area contributed by atoms with E-state index in [1.54, 1.807) is 7.11 Å². The minimum Gasteiger partial charge on any atom is -0.393 e. The Kier molecular flexibility index (Phi) is 4.04. The van der Waals surface area contributed by atoms with E-state index in [4.69, 9.17) is 4.74 Å². The molecular weight excluding hydrogens is 254 g/mol. The summed E-state index contributed by atoms with van der Waals surface area (Å²) in [5, 5.41) is 10.1. The number of hydrogen-bond acceptors (Lipinski definition) is 3. The highest BCUT2D eigenvalue weighted by molar-refractivity contribution is 5.78. The van der Waals surface area contributed by atoms with Crippen molar-refractivity contribution in [3.8, 4) is 0 Å². The number of hydrogen-bond donors (Lipinski definition) is 1. The number of aliphatic hydroxyl groups excluding tert-OH is 1. The van der Waals surface area contributed by atoms with Crippen molar-refractivity contribution >= 4 is 5.91 Å². The van der Waals surface area contributed by atoms with E-state index in [-0.39, 0.29) is 23.7 Å². The number of amides is 1. The number of aliphatic hydroxyl groups is 1. The van der Waals surface area contributed by atoms with Crippen LogP contribution in [0.5, 0.6) is 0 Å². The molecule has 1 amide bonds. The van der Waals surface area contributed by atoms with Crippen LogP contribution in [0.4, 0.5) is 0 Å². The lowest BCUT2D eigenvalue weighted by atomic mass is 9.77. The molecule has 0 bridgehead atoms. The van der Waals surface area contributed by atoms with Crippen LogP contribution in [0.15, 0.2) is 0 Å². The topological polar surface area (TPSA) is 49.8 Å². The van der Waals surface area contributed by atoms with E-state index in [0.29, 0.717) is 12.3 Å².